The predicted molar refractivity (Wildman–Crippen MR) is 113 cm³/mol. The Balaban J connectivity index is 1.36. The standard InChI is InChI=1S/C22H24N4O4/c1-30-19-10-6-5-9-18(19)23-21(28)24-13-11-16(12-14-24)25-15-20(27)26(22(25)29)17-7-3-2-4-8-17/h2-10,16H,11-15H2,1H3,(H,23,28). The van der Waals surface area contributed by atoms with Crippen LogP contribution in [0.1, 0.15) is 12.8 Å². The molecule has 2 aromatic rings. The number of carbonyl (C=O) groups is 3. The van der Waals surface area contributed by atoms with Gasteiger partial charge in [0.2, 0.25) is 0 Å². The summed E-state index contributed by atoms with van der Waals surface area (Å²) in [6, 6.07) is 15.7. The highest BCUT2D eigenvalue weighted by Gasteiger charge is 2.41. The van der Waals surface area contributed by atoms with Gasteiger partial charge in [-0.15, -0.1) is 0 Å². The minimum Gasteiger partial charge on any atom is -0.495 e. The molecule has 156 valence electrons. The number of para-hydroxylation sites is 3. The largest absolute Gasteiger partial charge is 0.495 e. The van der Waals surface area contributed by atoms with Crippen LogP contribution in [-0.2, 0) is 4.79 Å². The topological polar surface area (TPSA) is 82.2 Å². The molecule has 0 aliphatic carbocycles. The van der Waals surface area contributed by atoms with Gasteiger partial charge in [-0.2, -0.15) is 0 Å². The number of rotatable bonds is 4. The average molecular weight is 408 g/mol. The van der Waals surface area contributed by atoms with Crippen molar-refractivity contribution in [1.82, 2.24) is 9.80 Å². The molecule has 0 radical (unpaired) electrons. The molecule has 8 heteroatoms. The van der Waals surface area contributed by atoms with Gasteiger partial charge in [0.1, 0.15) is 12.3 Å². The van der Waals surface area contributed by atoms with E-state index in [1.54, 1.807) is 53.3 Å². The number of imide groups is 1. The van der Waals surface area contributed by atoms with Crippen molar-refractivity contribution < 1.29 is 19.1 Å². The molecule has 2 fully saturated rings. The fraction of sp³-hybridized carbons (Fsp3) is 0.318. The lowest BCUT2D eigenvalue weighted by molar-refractivity contribution is -0.116. The summed E-state index contributed by atoms with van der Waals surface area (Å²) < 4.78 is 5.27. The molecule has 2 aliphatic rings. The van der Waals surface area contributed by atoms with Gasteiger partial charge in [0.15, 0.2) is 0 Å². The van der Waals surface area contributed by atoms with Crippen molar-refractivity contribution in [3.05, 3.63) is 54.6 Å². The van der Waals surface area contributed by atoms with E-state index < -0.39 is 0 Å². The summed E-state index contributed by atoms with van der Waals surface area (Å²) in [5.74, 6) is 0.380. The van der Waals surface area contributed by atoms with Gasteiger partial charge in [0.05, 0.1) is 18.5 Å². The second-order valence-electron chi connectivity index (χ2n) is 7.32. The summed E-state index contributed by atoms with van der Waals surface area (Å²) in [6.45, 7) is 1.09. The number of nitrogens with one attached hydrogen (secondary N) is 1. The fourth-order valence-electron chi connectivity index (χ4n) is 3.96. The van der Waals surface area contributed by atoms with Gasteiger partial charge < -0.3 is 19.9 Å². The van der Waals surface area contributed by atoms with Crippen molar-refractivity contribution in [3.63, 3.8) is 0 Å². The van der Waals surface area contributed by atoms with Gasteiger partial charge >= 0.3 is 12.1 Å². The number of urea groups is 2. The highest BCUT2D eigenvalue weighted by molar-refractivity contribution is 6.19. The third-order valence-electron chi connectivity index (χ3n) is 5.55. The first-order valence-electron chi connectivity index (χ1n) is 9.96. The molecule has 0 unspecified atom stereocenters. The normalized spacial score (nSPS) is 17.4. The first-order chi connectivity index (χ1) is 14.6. The van der Waals surface area contributed by atoms with E-state index in [9.17, 15) is 14.4 Å². The van der Waals surface area contributed by atoms with Crippen molar-refractivity contribution in [1.29, 1.82) is 0 Å². The molecular formula is C22H24N4O4. The Kier molecular flexibility index (Phi) is 5.56. The quantitative estimate of drug-likeness (QED) is 0.788. The molecule has 2 aromatic carbocycles. The molecular weight excluding hydrogens is 384 g/mol. The molecule has 2 saturated heterocycles. The lowest BCUT2D eigenvalue weighted by atomic mass is 10.0. The minimum atomic E-state index is -0.289. The van der Waals surface area contributed by atoms with Crippen LogP contribution in [0, 0.1) is 0 Å². The van der Waals surface area contributed by atoms with Gasteiger partial charge in [-0.25, -0.2) is 14.5 Å². The van der Waals surface area contributed by atoms with Crippen molar-refractivity contribution in [2.45, 2.75) is 18.9 Å². The number of carbonyl (C=O) groups excluding carboxylic acids is 3. The Hall–Kier alpha value is -3.55. The zero-order valence-corrected chi connectivity index (χ0v) is 16.8. The molecule has 0 bridgehead atoms. The lowest BCUT2D eigenvalue weighted by Crippen LogP contribution is -2.49. The molecule has 30 heavy (non-hydrogen) atoms. The molecule has 2 aliphatic heterocycles. The highest BCUT2D eigenvalue weighted by atomic mass is 16.5. The Bertz CT molecular complexity index is 941. The summed E-state index contributed by atoms with van der Waals surface area (Å²) in [5, 5.41) is 2.88. The number of amides is 5. The minimum absolute atomic E-state index is 0.0644. The summed E-state index contributed by atoms with van der Waals surface area (Å²) in [6.07, 6.45) is 1.25. The summed E-state index contributed by atoms with van der Waals surface area (Å²) in [7, 11) is 1.56. The third kappa shape index (κ3) is 3.80. The van der Waals surface area contributed by atoms with Crippen molar-refractivity contribution in [3.8, 4) is 5.75 Å². The number of hydrogen-bond donors (Lipinski definition) is 1. The first-order valence-corrected chi connectivity index (χ1v) is 9.96. The number of ether oxygens (including phenoxy) is 1. The second-order valence-corrected chi connectivity index (χ2v) is 7.32. The van der Waals surface area contributed by atoms with E-state index in [1.165, 1.54) is 4.90 Å². The van der Waals surface area contributed by atoms with Gasteiger partial charge in [0.25, 0.3) is 5.91 Å². The summed E-state index contributed by atoms with van der Waals surface area (Å²) >= 11 is 0. The van der Waals surface area contributed by atoms with Crippen LogP contribution >= 0.6 is 0 Å². The third-order valence-corrected chi connectivity index (χ3v) is 5.55. The van der Waals surface area contributed by atoms with Crippen molar-refractivity contribution in [2.24, 2.45) is 0 Å². The maximum absolute atomic E-state index is 12.9. The van der Waals surface area contributed by atoms with Gasteiger partial charge in [0, 0.05) is 19.1 Å². The molecule has 4 rings (SSSR count). The van der Waals surface area contributed by atoms with Gasteiger partial charge in [-0.05, 0) is 37.1 Å². The molecule has 1 N–H and O–H groups in total. The Morgan fingerprint density at radius 2 is 1.67 bits per heavy atom. The smallest absolute Gasteiger partial charge is 0.332 e. The number of piperidine rings is 1. The summed E-state index contributed by atoms with van der Waals surface area (Å²) in [5.41, 5.74) is 1.20. The maximum Gasteiger partial charge on any atom is 0.332 e. The van der Waals surface area contributed by atoms with E-state index in [0.717, 1.165) is 0 Å². The summed E-state index contributed by atoms with van der Waals surface area (Å²) in [4.78, 5) is 42.5. The van der Waals surface area contributed by atoms with Crippen molar-refractivity contribution in [2.75, 3.05) is 37.0 Å². The van der Waals surface area contributed by atoms with Crippen LogP contribution in [0.25, 0.3) is 0 Å². The second kappa shape index (κ2) is 8.44. The molecule has 8 nitrogen and oxygen atoms in total. The van der Waals surface area contributed by atoms with Crippen LogP contribution in [0.15, 0.2) is 54.6 Å². The average Bonchev–Trinajstić information content (AvgIpc) is 3.08. The monoisotopic (exact) mass is 408 g/mol. The Morgan fingerprint density at radius 1 is 1.00 bits per heavy atom. The van der Waals surface area contributed by atoms with Gasteiger partial charge in [-0.3, -0.25) is 4.79 Å². The number of likely N-dealkylation sites (tertiary alicyclic amines) is 1. The predicted octanol–water partition coefficient (Wildman–Crippen LogP) is 3.16. The van der Waals surface area contributed by atoms with E-state index >= 15 is 0 Å². The Morgan fingerprint density at radius 3 is 2.37 bits per heavy atom. The van der Waals surface area contributed by atoms with Crippen molar-refractivity contribution >= 4 is 29.3 Å². The SMILES string of the molecule is COc1ccccc1NC(=O)N1CCC(N2CC(=O)N(c3ccccc3)C2=O)CC1. The molecule has 5 amide bonds. The van der Waals surface area contributed by atoms with Crippen LogP contribution in [0.2, 0.25) is 0 Å². The molecule has 2 heterocycles. The number of benzene rings is 2. The van der Waals surface area contributed by atoms with Crippen LogP contribution < -0.4 is 15.0 Å². The van der Waals surface area contributed by atoms with Crippen LogP contribution in [0.5, 0.6) is 5.75 Å². The van der Waals surface area contributed by atoms with E-state index in [4.69, 9.17) is 4.74 Å². The number of nitrogens with zero attached hydrogens (tertiary/aromatic N) is 3. The molecule has 0 atom stereocenters. The number of methoxy groups -OCH3 is 1. The highest BCUT2D eigenvalue weighted by Crippen LogP contribution is 2.27. The maximum atomic E-state index is 12.9. The number of anilines is 2. The first kappa shape index (κ1) is 19.8. The van der Waals surface area contributed by atoms with Crippen LogP contribution in [0.4, 0.5) is 21.0 Å². The van der Waals surface area contributed by atoms with E-state index in [-0.39, 0.29) is 30.6 Å². The van der Waals surface area contributed by atoms with Crippen LogP contribution in [-0.4, -0.2) is 60.6 Å². The Labute approximate surface area is 175 Å². The van der Waals surface area contributed by atoms with Gasteiger partial charge in [-0.1, -0.05) is 30.3 Å². The van der Waals surface area contributed by atoms with Crippen LogP contribution in [0.3, 0.4) is 0 Å². The zero-order chi connectivity index (χ0) is 21.1. The molecule has 0 spiro atoms. The van der Waals surface area contributed by atoms with E-state index in [1.807, 2.05) is 18.2 Å². The molecule has 0 saturated carbocycles. The number of hydrogen-bond acceptors (Lipinski definition) is 4. The molecule has 0 aromatic heterocycles. The van der Waals surface area contributed by atoms with E-state index in [2.05, 4.69) is 5.32 Å². The zero-order valence-electron chi connectivity index (χ0n) is 16.8. The lowest BCUT2D eigenvalue weighted by Gasteiger charge is -2.36. The van der Waals surface area contributed by atoms with E-state index in [0.29, 0.717) is 43.1 Å². The fourth-order valence-corrected chi connectivity index (χ4v) is 3.96.